The van der Waals surface area contributed by atoms with Crippen LogP contribution in [0.3, 0.4) is 0 Å². The standard InChI is InChI=1S/C36H35F2N5O11S2/c37-23-2-6-25(7-3-23)52-29-18-42(19-29)55(48,49)39-33-11-1-22(13-31(33)35(44)45)15-41-16-28(17-41)54-27-10-12-34(32(14-27)36(46)47)40-56(50,51)43-20-30(21-43)53-26-8-4-24(38)5-9-26/h1-14,28-30,39-40H,15-21H2,(H,44,45)(H,46,47). The highest BCUT2D eigenvalue weighted by Gasteiger charge is 2.39. The van der Waals surface area contributed by atoms with Gasteiger partial charge in [0, 0.05) is 19.6 Å². The molecule has 20 heteroatoms. The fourth-order valence-corrected chi connectivity index (χ4v) is 8.78. The molecule has 7 rings (SSSR count). The van der Waals surface area contributed by atoms with Crippen molar-refractivity contribution in [1.82, 2.24) is 13.5 Å². The number of carboxylic acids is 2. The number of hydrogen-bond acceptors (Lipinski definition) is 10. The van der Waals surface area contributed by atoms with Crippen molar-refractivity contribution in [2.45, 2.75) is 24.9 Å². The van der Waals surface area contributed by atoms with Gasteiger partial charge in [0.05, 0.1) is 48.7 Å². The number of carbonyl (C=O) groups is 2. The third-order valence-corrected chi connectivity index (χ3v) is 12.1. The van der Waals surface area contributed by atoms with E-state index >= 15 is 0 Å². The van der Waals surface area contributed by atoms with E-state index in [4.69, 9.17) is 14.2 Å². The van der Waals surface area contributed by atoms with E-state index in [9.17, 15) is 45.4 Å². The average Bonchev–Trinajstić information content (AvgIpc) is 3.08. The number of carboxylic acid groups (broad SMARTS) is 2. The van der Waals surface area contributed by atoms with Crippen LogP contribution in [0, 0.1) is 11.6 Å². The smallest absolute Gasteiger partial charge is 0.337 e. The van der Waals surface area contributed by atoms with Crippen molar-refractivity contribution < 1.29 is 59.6 Å². The lowest BCUT2D eigenvalue weighted by molar-refractivity contribution is 0.0144. The van der Waals surface area contributed by atoms with Gasteiger partial charge in [-0.25, -0.2) is 18.4 Å². The minimum absolute atomic E-state index is 0.00629. The molecule has 296 valence electrons. The Kier molecular flexibility index (Phi) is 10.7. The predicted octanol–water partition coefficient (Wildman–Crippen LogP) is 3.46. The third-order valence-electron chi connectivity index (χ3n) is 9.19. The first-order valence-corrected chi connectivity index (χ1v) is 20.0. The summed E-state index contributed by atoms with van der Waals surface area (Å²) in [6.07, 6.45) is -1.27. The number of hydrogen-bond donors (Lipinski definition) is 4. The lowest BCUT2D eigenvalue weighted by Gasteiger charge is -2.39. The van der Waals surface area contributed by atoms with Crippen LogP contribution < -0.4 is 23.7 Å². The van der Waals surface area contributed by atoms with Crippen molar-refractivity contribution >= 4 is 43.7 Å². The van der Waals surface area contributed by atoms with Gasteiger partial charge in [-0.05, 0) is 84.4 Å². The van der Waals surface area contributed by atoms with Crippen LogP contribution in [0.15, 0.2) is 84.9 Å². The highest BCUT2D eigenvalue weighted by atomic mass is 32.2. The number of halogens is 2. The zero-order chi connectivity index (χ0) is 39.8. The van der Waals surface area contributed by atoms with Crippen LogP contribution in [0.25, 0.3) is 0 Å². The second-order valence-electron chi connectivity index (χ2n) is 13.4. The summed E-state index contributed by atoms with van der Waals surface area (Å²) in [7, 11) is -8.22. The molecule has 4 aromatic carbocycles. The summed E-state index contributed by atoms with van der Waals surface area (Å²) in [5.74, 6) is -2.59. The van der Waals surface area contributed by atoms with Gasteiger partial charge < -0.3 is 24.4 Å². The van der Waals surface area contributed by atoms with E-state index in [0.29, 0.717) is 36.7 Å². The van der Waals surface area contributed by atoms with Gasteiger partial charge >= 0.3 is 32.4 Å². The minimum Gasteiger partial charge on any atom is -0.488 e. The van der Waals surface area contributed by atoms with Crippen molar-refractivity contribution in [2.24, 2.45) is 0 Å². The molecule has 4 aromatic rings. The number of rotatable bonds is 16. The SMILES string of the molecule is O=C(O)c1cc(CN2CC(Oc3ccc(NS(=O)(=O)N4CC(Oc5ccc(F)cc5)C4)c(C(=O)O)c3)C2)ccc1NS(=O)(=O)N1CC(Oc2ccc(F)cc2)C1. The summed E-state index contributed by atoms with van der Waals surface area (Å²) in [6.45, 7) is 1.17. The van der Waals surface area contributed by atoms with Gasteiger partial charge in [0.2, 0.25) is 0 Å². The number of nitrogens with one attached hydrogen (secondary N) is 2. The Bertz CT molecular complexity index is 2170. The molecule has 0 aliphatic carbocycles. The van der Waals surface area contributed by atoms with E-state index < -0.39 is 56.2 Å². The molecule has 0 saturated carbocycles. The summed E-state index contributed by atoms with van der Waals surface area (Å²) < 4.78 is 102. The fourth-order valence-electron chi connectivity index (χ4n) is 6.16. The summed E-state index contributed by atoms with van der Waals surface area (Å²) >= 11 is 0. The molecule has 0 amide bonds. The maximum atomic E-state index is 13.1. The van der Waals surface area contributed by atoms with Gasteiger partial charge in [-0.15, -0.1) is 0 Å². The van der Waals surface area contributed by atoms with Crippen molar-refractivity contribution in [1.29, 1.82) is 0 Å². The molecule has 4 N–H and O–H groups in total. The molecule has 0 spiro atoms. The van der Waals surface area contributed by atoms with E-state index in [-0.39, 0.29) is 60.5 Å². The average molecular weight is 816 g/mol. The number of aromatic carboxylic acids is 2. The summed E-state index contributed by atoms with van der Waals surface area (Å²) in [4.78, 5) is 26.1. The lowest BCUT2D eigenvalue weighted by Crippen LogP contribution is -2.57. The number of ether oxygens (including phenoxy) is 3. The first kappa shape index (κ1) is 38.7. The second-order valence-corrected chi connectivity index (χ2v) is 16.7. The van der Waals surface area contributed by atoms with Crippen LogP contribution in [0.5, 0.6) is 17.2 Å². The van der Waals surface area contributed by atoms with Crippen LogP contribution in [-0.2, 0) is 27.0 Å². The summed E-state index contributed by atoms with van der Waals surface area (Å²) in [6, 6.07) is 19.0. The number of nitrogens with zero attached hydrogens (tertiary/aromatic N) is 3. The van der Waals surface area contributed by atoms with Gasteiger partial charge in [-0.1, -0.05) is 6.07 Å². The Labute approximate surface area is 320 Å². The Morgan fingerprint density at radius 3 is 1.45 bits per heavy atom. The Hall–Kier alpha value is -5.54. The summed E-state index contributed by atoms with van der Waals surface area (Å²) in [5.41, 5.74) is -0.248. The third kappa shape index (κ3) is 8.95. The normalized spacial score (nSPS) is 17.2. The monoisotopic (exact) mass is 815 g/mol. The molecule has 16 nitrogen and oxygen atoms in total. The molecule has 0 atom stereocenters. The van der Waals surface area contributed by atoms with Crippen molar-refractivity contribution in [2.75, 3.05) is 48.7 Å². The van der Waals surface area contributed by atoms with E-state index in [1.807, 2.05) is 4.90 Å². The zero-order valence-electron chi connectivity index (χ0n) is 29.2. The van der Waals surface area contributed by atoms with Crippen LogP contribution in [-0.4, -0.2) is 110 Å². The fraction of sp³-hybridized carbons (Fsp3) is 0.278. The molecule has 56 heavy (non-hydrogen) atoms. The van der Waals surface area contributed by atoms with Crippen molar-refractivity contribution in [3.63, 3.8) is 0 Å². The molecule has 0 radical (unpaired) electrons. The van der Waals surface area contributed by atoms with Gasteiger partial charge in [0.1, 0.15) is 47.2 Å². The molecule has 3 aliphatic heterocycles. The minimum atomic E-state index is -4.12. The lowest BCUT2D eigenvalue weighted by atomic mass is 10.1. The van der Waals surface area contributed by atoms with Crippen LogP contribution in [0.1, 0.15) is 26.3 Å². The van der Waals surface area contributed by atoms with E-state index in [2.05, 4.69) is 9.44 Å². The first-order chi connectivity index (χ1) is 26.6. The molecule has 0 aromatic heterocycles. The maximum absolute atomic E-state index is 13.1. The number of benzene rings is 4. The Balaban J connectivity index is 0.891. The quantitative estimate of drug-likeness (QED) is 0.128. The molecule has 0 unspecified atom stereocenters. The number of likely N-dealkylation sites (tertiary alicyclic amines) is 1. The van der Waals surface area contributed by atoms with Crippen LogP contribution in [0.4, 0.5) is 20.2 Å². The van der Waals surface area contributed by atoms with Crippen LogP contribution >= 0.6 is 0 Å². The van der Waals surface area contributed by atoms with E-state index in [1.165, 1.54) is 78.9 Å². The summed E-state index contributed by atoms with van der Waals surface area (Å²) in [5, 5.41) is 19.7. The largest absolute Gasteiger partial charge is 0.488 e. The second kappa shape index (κ2) is 15.5. The van der Waals surface area contributed by atoms with Crippen molar-refractivity contribution in [3.8, 4) is 17.2 Å². The van der Waals surface area contributed by atoms with Gasteiger partial charge in [0.25, 0.3) is 0 Å². The molecule has 3 aliphatic rings. The Morgan fingerprint density at radius 2 is 0.982 bits per heavy atom. The molecular formula is C36H35F2N5O11S2. The molecule has 3 fully saturated rings. The van der Waals surface area contributed by atoms with Crippen LogP contribution in [0.2, 0.25) is 0 Å². The number of anilines is 2. The van der Waals surface area contributed by atoms with E-state index in [0.717, 1.165) is 8.61 Å². The highest BCUT2D eigenvalue weighted by Crippen LogP contribution is 2.30. The van der Waals surface area contributed by atoms with Crippen molar-refractivity contribution in [3.05, 3.63) is 113 Å². The molecule has 3 saturated heterocycles. The molecule has 0 bridgehead atoms. The maximum Gasteiger partial charge on any atom is 0.337 e. The first-order valence-electron chi connectivity index (χ1n) is 17.1. The molecule has 3 heterocycles. The Morgan fingerprint density at radius 1 is 0.589 bits per heavy atom. The van der Waals surface area contributed by atoms with Gasteiger partial charge in [-0.3, -0.25) is 14.3 Å². The zero-order valence-corrected chi connectivity index (χ0v) is 30.9. The topological polar surface area (TPSA) is 204 Å². The highest BCUT2D eigenvalue weighted by molar-refractivity contribution is 7.90. The molecular weight excluding hydrogens is 781 g/mol. The van der Waals surface area contributed by atoms with Gasteiger partial charge in [-0.2, -0.15) is 25.4 Å². The van der Waals surface area contributed by atoms with Gasteiger partial charge in [0.15, 0.2) is 0 Å². The van der Waals surface area contributed by atoms with E-state index in [1.54, 1.807) is 6.07 Å². The predicted molar refractivity (Wildman–Crippen MR) is 196 cm³/mol.